The maximum absolute atomic E-state index is 14.7. The lowest BCUT2D eigenvalue weighted by Crippen LogP contribution is -2.46. The molecule has 130 valence electrons. The third-order valence-corrected chi connectivity index (χ3v) is 5.36. The standard InChI is InChI=1S/C19H32FN3/c1-5-16(14-21-4)15(3)17-7-8-19(18(20)13-17)23-11-9-22(6-2)10-12-23/h7-8,13,15-16,21H,5-6,9-12,14H2,1-4H3. The number of hydrogen-bond donors (Lipinski definition) is 1. The summed E-state index contributed by atoms with van der Waals surface area (Å²) in [4.78, 5) is 4.59. The van der Waals surface area contributed by atoms with Crippen molar-refractivity contribution in [2.24, 2.45) is 5.92 Å². The number of nitrogens with one attached hydrogen (secondary N) is 1. The number of nitrogens with zero attached hydrogens (tertiary/aromatic N) is 2. The van der Waals surface area contributed by atoms with Gasteiger partial charge in [0.1, 0.15) is 5.82 Å². The minimum Gasteiger partial charge on any atom is -0.367 e. The van der Waals surface area contributed by atoms with Crippen molar-refractivity contribution in [2.75, 3.05) is 51.2 Å². The molecule has 1 aromatic carbocycles. The van der Waals surface area contributed by atoms with Crippen LogP contribution in [0, 0.1) is 11.7 Å². The highest BCUT2D eigenvalue weighted by molar-refractivity contribution is 5.50. The zero-order valence-corrected chi connectivity index (χ0v) is 15.1. The maximum atomic E-state index is 14.7. The largest absolute Gasteiger partial charge is 0.367 e. The molecule has 0 radical (unpaired) electrons. The molecule has 1 aromatic rings. The van der Waals surface area contributed by atoms with E-state index >= 15 is 0 Å². The second-order valence-electron chi connectivity index (χ2n) is 6.65. The Hall–Kier alpha value is -1.13. The Morgan fingerprint density at radius 3 is 2.39 bits per heavy atom. The van der Waals surface area contributed by atoms with Gasteiger partial charge in [0.05, 0.1) is 5.69 Å². The van der Waals surface area contributed by atoms with E-state index in [0.29, 0.717) is 11.8 Å². The van der Waals surface area contributed by atoms with Gasteiger partial charge in [-0.25, -0.2) is 4.39 Å². The van der Waals surface area contributed by atoms with Crippen LogP contribution in [0.4, 0.5) is 10.1 Å². The Balaban J connectivity index is 2.08. The van der Waals surface area contributed by atoms with Crippen molar-refractivity contribution in [3.05, 3.63) is 29.6 Å². The minimum absolute atomic E-state index is 0.0707. The first kappa shape index (κ1) is 18.2. The molecule has 0 bridgehead atoms. The molecule has 2 rings (SSSR count). The third kappa shape index (κ3) is 4.45. The van der Waals surface area contributed by atoms with Crippen LogP contribution < -0.4 is 10.2 Å². The maximum Gasteiger partial charge on any atom is 0.146 e. The summed E-state index contributed by atoms with van der Waals surface area (Å²) in [6.45, 7) is 12.5. The molecule has 0 aliphatic carbocycles. The molecule has 2 atom stereocenters. The summed E-state index contributed by atoms with van der Waals surface area (Å²) in [6, 6.07) is 5.85. The summed E-state index contributed by atoms with van der Waals surface area (Å²) >= 11 is 0. The van der Waals surface area contributed by atoms with E-state index < -0.39 is 0 Å². The van der Waals surface area contributed by atoms with Crippen LogP contribution in [0.1, 0.15) is 38.7 Å². The molecule has 3 nitrogen and oxygen atoms in total. The topological polar surface area (TPSA) is 18.5 Å². The van der Waals surface area contributed by atoms with Crippen LogP contribution in [0.25, 0.3) is 0 Å². The minimum atomic E-state index is -0.0707. The molecule has 1 aliphatic heterocycles. The van der Waals surface area contributed by atoms with Crippen LogP contribution >= 0.6 is 0 Å². The van der Waals surface area contributed by atoms with Crippen molar-refractivity contribution in [3.8, 4) is 0 Å². The van der Waals surface area contributed by atoms with Crippen molar-refractivity contribution in [3.63, 3.8) is 0 Å². The van der Waals surface area contributed by atoms with Crippen molar-refractivity contribution < 1.29 is 4.39 Å². The van der Waals surface area contributed by atoms with Gasteiger partial charge in [-0.3, -0.25) is 0 Å². The predicted molar refractivity (Wildman–Crippen MR) is 96.8 cm³/mol. The average molecular weight is 321 g/mol. The number of rotatable bonds is 7. The number of likely N-dealkylation sites (N-methyl/N-ethyl adjacent to an activating group) is 1. The fourth-order valence-corrected chi connectivity index (χ4v) is 3.58. The van der Waals surface area contributed by atoms with Gasteiger partial charge in [0, 0.05) is 26.2 Å². The highest BCUT2D eigenvalue weighted by atomic mass is 19.1. The van der Waals surface area contributed by atoms with E-state index in [1.54, 1.807) is 6.07 Å². The molecule has 1 fully saturated rings. The zero-order chi connectivity index (χ0) is 16.8. The third-order valence-electron chi connectivity index (χ3n) is 5.36. The summed E-state index contributed by atoms with van der Waals surface area (Å²) in [5, 5.41) is 3.25. The number of benzene rings is 1. The summed E-state index contributed by atoms with van der Waals surface area (Å²) < 4.78 is 14.7. The lowest BCUT2D eigenvalue weighted by molar-refractivity contribution is 0.270. The van der Waals surface area contributed by atoms with Crippen LogP contribution in [-0.4, -0.2) is 51.2 Å². The monoisotopic (exact) mass is 321 g/mol. The van der Waals surface area contributed by atoms with E-state index in [1.807, 2.05) is 13.1 Å². The van der Waals surface area contributed by atoms with Crippen LogP contribution in [0.5, 0.6) is 0 Å². The first-order valence-electron chi connectivity index (χ1n) is 9.02. The van der Waals surface area contributed by atoms with Gasteiger partial charge < -0.3 is 15.1 Å². The van der Waals surface area contributed by atoms with Gasteiger partial charge in [0.25, 0.3) is 0 Å². The Labute approximate surface area is 140 Å². The van der Waals surface area contributed by atoms with Gasteiger partial charge in [0.15, 0.2) is 0 Å². The Bertz CT molecular complexity index is 484. The van der Waals surface area contributed by atoms with Gasteiger partial charge in [-0.2, -0.15) is 0 Å². The van der Waals surface area contributed by atoms with E-state index in [4.69, 9.17) is 0 Å². The van der Waals surface area contributed by atoms with Gasteiger partial charge >= 0.3 is 0 Å². The van der Waals surface area contributed by atoms with Crippen LogP contribution in [0.15, 0.2) is 18.2 Å². The van der Waals surface area contributed by atoms with E-state index in [0.717, 1.165) is 56.9 Å². The van der Waals surface area contributed by atoms with E-state index in [9.17, 15) is 4.39 Å². The molecule has 1 saturated heterocycles. The van der Waals surface area contributed by atoms with Gasteiger partial charge in [-0.15, -0.1) is 0 Å². The lowest BCUT2D eigenvalue weighted by atomic mass is 9.85. The Morgan fingerprint density at radius 2 is 1.87 bits per heavy atom. The molecule has 1 heterocycles. The number of anilines is 1. The molecule has 0 aromatic heterocycles. The first-order chi connectivity index (χ1) is 11.1. The molecule has 0 amide bonds. The molecular formula is C19H32FN3. The summed E-state index contributed by atoms with van der Waals surface area (Å²) in [5.41, 5.74) is 1.87. The average Bonchev–Trinajstić information content (AvgIpc) is 2.59. The molecule has 1 aliphatic rings. The molecule has 4 heteroatoms. The summed E-state index contributed by atoms with van der Waals surface area (Å²) in [6.07, 6.45) is 1.10. The van der Waals surface area contributed by atoms with Crippen molar-refractivity contribution in [1.82, 2.24) is 10.2 Å². The molecular weight excluding hydrogens is 289 g/mol. The van der Waals surface area contributed by atoms with Gasteiger partial charge in [0.2, 0.25) is 0 Å². The summed E-state index contributed by atoms with van der Waals surface area (Å²) in [7, 11) is 1.98. The molecule has 2 unspecified atom stereocenters. The van der Waals surface area contributed by atoms with Crippen LogP contribution in [-0.2, 0) is 0 Å². The van der Waals surface area contributed by atoms with Gasteiger partial charge in [-0.1, -0.05) is 33.3 Å². The zero-order valence-electron chi connectivity index (χ0n) is 15.1. The van der Waals surface area contributed by atoms with Gasteiger partial charge in [-0.05, 0) is 49.7 Å². The molecule has 0 saturated carbocycles. The second-order valence-corrected chi connectivity index (χ2v) is 6.65. The SMILES string of the molecule is CCC(CNC)C(C)c1ccc(N2CCN(CC)CC2)c(F)c1. The Morgan fingerprint density at radius 1 is 1.17 bits per heavy atom. The van der Waals surface area contributed by atoms with Crippen molar-refractivity contribution >= 4 is 5.69 Å². The quantitative estimate of drug-likeness (QED) is 0.831. The normalized spacial score (nSPS) is 18.9. The fourth-order valence-electron chi connectivity index (χ4n) is 3.58. The van der Waals surface area contributed by atoms with Crippen LogP contribution in [0.3, 0.4) is 0 Å². The highest BCUT2D eigenvalue weighted by Crippen LogP contribution is 2.30. The van der Waals surface area contributed by atoms with E-state index in [-0.39, 0.29) is 5.82 Å². The fraction of sp³-hybridized carbons (Fsp3) is 0.684. The van der Waals surface area contributed by atoms with Crippen molar-refractivity contribution in [2.45, 2.75) is 33.1 Å². The molecule has 1 N–H and O–H groups in total. The smallest absolute Gasteiger partial charge is 0.146 e. The van der Waals surface area contributed by atoms with Crippen LogP contribution in [0.2, 0.25) is 0 Å². The van der Waals surface area contributed by atoms with Crippen molar-refractivity contribution in [1.29, 1.82) is 0 Å². The van der Waals surface area contributed by atoms with E-state index in [2.05, 4.69) is 42.0 Å². The Kier molecular flexibility index (Phi) is 6.85. The first-order valence-corrected chi connectivity index (χ1v) is 9.02. The highest BCUT2D eigenvalue weighted by Gasteiger charge is 2.21. The predicted octanol–water partition coefficient (Wildman–Crippen LogP) is 3.32. The summed E-state index contributed by atoms with van der Waals surface area (Å²) in [5.74, 6) is 0.838. The number of piperazine rings is 1. The molecule has 23 heavy (non-hydrogen) atoms. The van der Waals surface area contributed by atoms with E-state index in [1.165, 1.54) is 0 Å². The second kappa shape index (κ2) is 8.65. The lowest BCUT2D eigenvalue weighted by Gasteiger charge is -2.35. The number of halogens is 1. The number of hydrogen-bond acceptors (Lipinski definition) is 3. The molecule has 0 spiro atoms.